The van der Waals surface area contributed by atoms with Crippen LogP contribution in [0.1, 0.15) is 21.0 Å². The van der Waals surface area contributed by atoms with Gasteiger partial charge in [-0.15, -0.1) is 0 Å². The molecule has 0 atom stereocenters. The maximum atomic E-state index is 12.1. The van der Waals surface area contributed by atoms with Crippen molar-refractivity contribution in [2.24, 2.45) is 0 Å². The molecule has 1 aromatic heterocycles. The molecular formula is C15H15F3N4O6. The Hall–Kier alpha value is -3.77. The van der Waals surface area contributed by atoms with E-state index in [1.165, 1.54) is 20.5 Å². The fourth-order valence-electron chi connectivity index (χ4n) is 1.70. The zero-order chi connectivity index (χ0) is 21.5. The molecule has 0 radical (unpaired) electrons. The van der Waals surface area contributed by atoms with Crippen LogP contribution in [0.4, 0.5) is 24.5 Å². The van der Waals surface area contributed by atoms with Crippen molar-refractivity contribution in [3.8, 4) is 5.75 Å². The first-order valence-corrected chi connectivity index (χ1v) is 7.17. The maximum absolute atomic E-state index is 12.1. The summed E-state index contributed by atoms with van der Waals surface area (Å²) in [5, 5.41) is 9.73. The average Bonchev–Trinajstić information content (AvgIpc) is 3.12. The van der Waals surface area contributed by atoms with E-state index in [1.54, 1.807) is 18.2 Å². The van der Waals surface area contributed by atoms with Crippen LogP contribution in [0.15, 0.2) is 24.5 Å². The van der Waals surface area contributed by atoms with Gasteiger partial charge in [0.25, 0.3) is 5.91 Å². The molecule has 0 unspecified atom stereocenters. The van der Waals surface area contributed by atoms with Crippen LogP contribution in [0.25, 0.3) is 0 Å². The number of aromatic amines is 1. The molecule has 28 heavy (non-hydrogen) atoms. The van der Waals surface area contributed by atoms with Crippen molar-refractivity contribution in [3.05, 3.63) is 35.9 Å². The monoisotopic (exact) mass is 404 g/mol. The second kappa shape index (κ2) is 9.25. The number of carboxylic acids is 1. The van der Waals surface area contributed by atoms with Gasteiger partial charge in [0.15, 0.2) is 11.4 Å². The second-order valence-corrected chi connectivity index (χ2v) is 4.83. The number of methoxy groups -OCH3 is 2. The molecule has 0 spiro atoms. The predicted octanol–water partition coefficient (Wildman–Crippen LogP) is 1.67. The van der Waals surface area contributed by atoms with E-state index in [9.17, 15) is 22.8 Å². The summed E-state index contributed by atoms with van der Waals surface area (Å²) in [4.78, 5) is 38.9. The highest BCUT2D eigenvalue weighted by atomic mass is 19.4. The summed E-state index contributed by atoms with van der Waals surface area (Å²) in [6.45, 7) is 0. The lowest BCUT2D eigenvalue weighted by atomic mass is 10.2. The van der Waals surface area contributed by atoms with Crippen molar-refractivity contribution < 1.29 is 42.1 Å². The Kier molecular flexibility index (Phi) is 7.36. The fraction of sp³-hybridized carbons (Fsp3) is 0.200. The van der Waals surface area contributed by atoms with Crippen molar-refractivity contribution in [1.82, 2.24) is 9.97 Å². The summed E-state index contributed by atoms with van der Waals surface area (Å²) >= 11 is 0. The fourth-order valence-corrected chi connectivity index (χ4v) is 1.70. The van der Waals surface area contributed by atoms with Crippen molar-refractivity contribution >= 4 is 29.2 Å². The molecule has 0 saturated heterocycles. The van der Waals surface area contributed by atoms with E-state index >= 15 is 0 Å². The Balaban J connectivity index is 0.000000480. The molecule has 10 nitrogen and oxygen atoms in total. The molecular weight excluding hydrogens is 389 g/mol. The molecule has 2 rings (SSSR count). The minimum absolute atomic E-state index is 0.0163. The molecule has 1 aromatic carbocycles. The molecule has 13 heteroatoms. The number of ether oxygens (including phenoxy) is 2. The van der Waals surface area contributed by atoms with Gasteiger partial charge in [-0.25, -0.2) is 14.6 Å². The number of nitrogens with two attached hydrogens (primary N) is 1. The number of esters is 1. The van der Waals surface area contributed by atoms with E-state index in [1.807, 2.05) is 0 Å². The highest BCUT2D eigenvalue weighted by Crippen LogP contribution is 2.25. The molecule has 0 saturated carbocycles. The molecule has 1 amide bonds. The lowest BCUT2D eigenvalue weighted by molar-refractivity contribution is -0.192. The van der Waals surface area contributed by atoms with Crippen LogP contribution in [0, 0.1) is 0 Å². The minimum atomic E-state index is -5.08. The van der Waals surface area contributed by atoms with Gasteiger partial charge >= 0.3 is 18.1 Å². The molecule has 152 valence electrons. The zero-order valence-corrected chi connectivity index (χ0v) is 14.5. The minimum Gasteiger partial charge on any atom is -0.495 e. The van der Waals surface area contributed by atoms with Gasteiger partial charge in [0, 0.05) is 11.8 Å². The predicted molar refractivity (Wildman–Crippen MR) is 89.0 cm³/mol. The van der Waals surface area contributed by atoms with Gasteiger partial charge in [0.05, 0.1) is 26.2 Å². The van der Waals surface area contributed by atoms with Crippen LogP contribution in [-0.2, 0) is 9.53 Å². The average molecular weight is 404 g/mol. The first-order chi connectivity index (χ1) is 13.0. The van der Waals surface area contributed by atoms with Crippen molar-refractivity contribution in [1.29, 1.82) is 0 Å². The summed E-state index contributed by atoms with van der Waals surface area (Å²) in [5.41, 5.74) is 6.53. The number of hydrogen-bond acceptors (Lipinski definition) is 7. The van der Waals surface area contributed by atoms with Crippen LogP contribution in [0.2, 0.25) is 0 Å². The van der Waals surface area contributed by atoms with Crippen LogP contribution >= 0.6 is 0 Å². The Morgan fingerprint density at radius 2 is 1.86 bits per heavy atom. The normalized spacial score (nSPS) is 10.3. The summed E-state index contributed by atoms with van der Waals surface area (Å²) in [5.74, 6) is -3.55. The summed E-state index contributed by atoms with van der Waals surface area (Å²) < 4.78 is 41.4. The number of aliphatic carboxylic acids is 1. The van der Waals surface area contributed by atoms with E-state index in [0.717, 1.165) is 0 Å². The number of halogens is 3. The Labute approximate surface area is 155 Å². The highest BCUT2D eigenvalue weighted by molar-refractivity contribution is 6.09. The molecule has 0 aliphatic rings. The third-order valence-electron chi connectivity index (χ3n) is 2.98. The SMILES string of the molecule is COC(=O)c1[nH]cnc1C(=O)Nc1ccc(N)c(OC)c1.O=C(O)C(F)(F)F. The number of nitrogens with zero attached hydrogens (tertiary/aromatic N) is 1. The van der Waals surface area contributed by atoms with E-state index in [0.29, 0.717) is 17.1 Å². The van der Waals surface area contributed by atoms with Gasteiger partial charge in [0.1, 0.15) is 5.75 Å². The summed E-state index contributed by atoms with van der Waals surface area (Å²) in [7, 11) is 2.69. The van der Waals surface area contributed by atoms with Crippen LogP contribution in [0.5, 0.6) is 5.75 Å². The van der Waals surface area contributed by atoms with Crippen LogP contribution in [-0.4, -0.2) is 53.3 Å². The number of nitrogen functional groups attached to an aromatic ring is 1. The second-order valence-electron chi connectivity index (χ2n) is 4.83. The Morgan fingerprint density at radius 1 is 1.25 bits per heavy atom. The van der Waals surface area contributed by atoms with Crippen LogP contribution < -0.4 is 15.8 Å². The molecule has 5 N–H and O–H groups in total. The first-order valence-electron chi connectivity index (χ1n) is 7.17. The van der Waals surface area contributed by atoms with Crippen molar-refractivity contribution in [2.45, 2.75) is 6.18 Å². The topological polar surface area (TPSA) is 157 Å². The molecule has 0 aliphatic carbocycles. The molecule has 0 fully saturated rings. The largest absolute Gasteiger partial charge is 0.495 e. The molecule has 0 aliphatic heterocycles. The number of amides is 1. The van der Waals surface area contributed by atoms with Crippen molar-refractivity contribution in [3.63, 3.8) is 0 Å². The molecule has 0 bridgehead atoms. The number of aromatic nitrogens is 2. The number of carbonyl (C=O) groups excluding carboxylic acids is 2. The third-order valence-corrected chi connectivity index (χ3v) is 2.98. The van der Waals surface area contributed by atoms with Gasteiger partial charge in [0.2, 0.25) is 0 Å². The van der Waals surface area contributed by atoms with E-state index in [4.69, 9.17) is 20.4 Å². The maximum Gasteiger partial charge on any atom is 0.490 e. The number of carbonyl (C=O) groups is 3. The number of nitrogens with one attached hydrogen (secondary N) is 2. The third kappa shape index (κ3) is 5.89. The number of imidazole rings is 1. The lowest BCUT2D eigenvalue weighted by Crippen LogP contribution is -2.21. The number of rotatable bonds is 4. The van der Waals surface area contributed by atoms with E-state index < -0.39 is 24.0 Å². The first kappa shape index (κ1) is 22.3. The number of carboxylic acid groups (broad SMARTS) is 1. The van der Waals surface area contributed by atoms with Gasteiger partial charge in [-0.3, -0.25) is 4.79 Å². The Bertz CT molecular complexity index is 866. The quantitative estimate of drug-likeness (QED) is 0.443. The molecule has 1 heterocycles. The Morgan fingerprint density at radius 3 is 2.36 bits per heavy atom. The number of alkyl halides is 3. The van der Waals surface area contributed by atoms with Gasteiger partial charge in [-0.1, -0.05) is 0 Å². The lowest BCUT2D eigenvalue weighted by Gasteiger charge is -2.08. The standard InChI is InChI=1S/C13H14N4O4.C2HF3O2/c1-20-9-5-7(3-4-8(9)14)17-12(18)10-11(13(19)21-2)16-6-15-10;3-2(4,5)1(6)7/h3-6H,14H2,1-2H3,(H,15,16)(H,17,18);(H,6,7). The number of H-pyrrole nitrogens is 1. The van der Waals surface area contributed by atoms with Gasteiger partial charge in [-0.2, -0.15) is 13.2 Å². The van der Waals surface area contributed by atoms with Crippen LogP contribution in [0.3, 0.4) is 0 Å². The van der Waals surface area contributed by atoms with Gasteiger partial charge in [-0.05, 0) is 12.1 Å². The summed E-state index contributed by atoms with van der Waals surface area (Å²) in [6.07, 6.45) is -3.84. The van der Waals surface area contributed by atoms with Crippen molar-refractivity contribution in [2.75, 3.05) is 25.3 Å². The zero-order valence-electron chi connectivity index (χ0n) is 14.5. The highest BCUT2D eigenvalue weighted by Gasteiger charge is 2.38. The number of benzene rings is 1. The number of anilines is 2. The van der Waals surface area contributed by atoms with Gasteiger partial charge < -0.3 is 30.6 Å². The number of hydrogen-bond donors (Lipinski definition) is 4. The summed E-state index contributed by atoms with van der Waals surface area (Å²) in [6, 6.07) is 4.78. The molecule has 2 aromatic rings. The van der Waals surface area contributed by atoms with E-state index in [2.05, 4.69) is 20.0 Å². The van der Waals surface area contributed by atoms with E-state index in [-0.39, 0.29) is 11.4 Å². The smallest absolute Gasteiger partial charge is 0.490 e.